The molecule has 1 aromatic heterocycles. The van der Waals surface area contributed by atoms with E-state index in [1.807, 2.05) is 13.2 Å². The van der Waals surface area contributed by atoms with E-state index < -0.39 is 9.84 Å². The molecule has 0 aliphatic heterocycles. The molecular formula is C14H19N3O2S. The Balaban J connectivity index is 2.36. The Morgan fingerprint density at radius 1 is 1.25 bits per heavy atom. The highest BCUT2D eigenvalue weighted by atomic mass is 32.2. The maximum Gasteiger partial charge on any atom is 0.175 e. The van der Waals surface area contributed by atoms with Crippen LogP contribution in [-0.4, -0.2) is 31.0 Å². The number of benzene rings is 1. The van der Waals surface area contributed by atoms with Crippen LogP contribution in [0.4, 0.5) is 0 Å². The minimum absolute atomic E-state index is 0.324. The van der Waals surface area contributed by atoms with Crippen LogP contribution in [0.5, 0.6) is 0 Å². The van der Waals surface area contributed by atoms with Gasteiger partial charge >= 0.3 is 0 Å². The molecule has 0 spiro atoms. The number of aryl methyl sites for hydroxylation is 1. The molecule has 6 heteroatoms. The van der Waals surface area contributed by atoms with Crippen LogP contribution in [-0.2, 0) is 23.4 Å². The molecular weight excluding hydrogens is 274 g/mol. The zero-order valence-corrected chi connectivity index (χ0v) is 12.7. The summed E-state index contributed by atoms with van der Waals surface area (Å²) in [4.78, 5) is 0.324. The molecule has 0 saturated carbocycles. The van der Waals surface area contributed by atoms with Crippen LogP contribution < -0.4 is 5.32 Å². The lowest BCUT2D eigenvalue weighted by atomic mass is 10.1. The number of hydrogen-bond donors (Lipinski definition) is 1. The molecule has 20 heavy (non-hydrogen) atoms. The van der Waals surface area contributed by atoms with Crippen molar-refractivity contribution in [1.29, 1.82) is 0 Å². The Hall–Kier alpha value is -1.66. The molecule has 0 atom stereocenters. The van der Waals surface area contributed by atoms with Crippen molar-refractivity contribution in [3.05, 3.63) is 36.0 Å². The molecule has 0 unspecified atom stereocenters. The highest BCUT2D eigenvalue weighted by molar-refractivity contribution is 7.90. The standard InChI is InChI=1S/C14H19N3O2S/c1-4-15-9-12-10-17(2)16-14(12)11-5-7-13(8-6-11)20(3,18)19/h5-8,10,15H,4,9H2,1-3H3. The first-order valence-corrected chi connectivity index (χ1v) is 8.34. The molecule has 1 N–H and O–H groups in total. The Bertz CT molecular complexity index is 688. The van der Waals surface area contributed by atoms with Crippen molar-refractivity contribution in [2.45, 2.75) is 18.4 Å². The van der Waals surface area contributed by atoms with E-state index in [1.54, 1.807) is 28.9 Å². The predicted octanol–water partition coefficient (Wildman–Crippen LogP) is 1.60. The van der Waals surface area contributed by atoms with Crippen LogP contribution in [0.25, 0.3) is 11.3 Å². The Kier molecular flexibility index (Phi) is 4.25. The Morgan fingerprint density at radius 2 is 1.90 bits per heavy atom. The summed E-state index contributed by atoms with van der Waals surface area (Å²) >= 11 is 0. The van der Waals surface area contributed by atoms with Gasteiger partial charge in [0, 0.05) is 37.2 Å². The van der Waals surface area contributed by atoms with Gasteiger partial charge < -0.3 is 5.32 Å². The van der Waals surface area contributed by atoms with E-state index in [0.29, 0.717) is 4.90 Å². The normalized spacial score (nSPS) is 11.8. The molecule has 0 radical (unpaired) electrons. The molecule has 2 rings (SSSR count). The van der Waals surface area contributed by atoms with Gasteiger partial charge in [-0.05, 0) is 18.7 Å². The first kappa shape index (κ1) is 14.7. The SMILES string of the molecule is CCNCc1cn(C)nc1-c1ccc(S(C)(=O)=O)cc1. The number of nitrogens with one attached hydrogen (secondary N) is 1. The second-order valence-electron chi connectivity index (χ2n) is 4.75. The summed E-state index contributed by atoms with van der Waals surface area (Å²) in [6, 6.07) is 6.84. The molecule has 108 valence electrons. The maximum atomic E-state index is 11.5. The third-order valence-corrected chi connectivity index (χ3v) is 4.15. The van der Waals surface area contributed by atoms with Crippen molar-refractivity contribution < 1.29 is 8.42 Å². The van der Waals surface area contributed by atoms with Crippen LogP contribution in [0, 0.1) is 0 Å². The summed E-state index contributed by atoms with van der Waals surface area (Å²) in [5, 5.41) is 7.73. The topological polar surface area (TPSA) is 64.0 Å². The number of aromatic nitrogens is 2. The van der Waals surface area contributed by atoms with E-state index in [9.17, 15) is 8.42 Å². The molecule has 0 saturated heterocycles. The van der Waals surface area contributed by atoms with Crippen molar-refractivity contribution >= 4 is 9.84 Å². The molecule has 1 aromatic carbocycles. The summed E-state index contributed by atoms with van der Waals surface area (Å²) in [5.74, 6) is 0. The molecule has 1 heterocycles. The van der Waals surface area contributed by atoms with Gasteiger partial charge in [-0.3, -0.25) is 4.68 Å². The van der Waals surface area contributed by atoms with Gasteiger partial charge in [-0.1, -0.05) is 19.1 Å². The Morgan fingerprint density at radius 3 is 2.45 bits per heavy atom. The van der Waals surface area contributed by atoms with E-state index in [-0.39, 0.29) is 0 Å². The average Bonchev–Trinajstić information content (AvgIpc) is 2.76. The quantitative estimate of drug-likeness (QED) is 0.909. The molecule has 5 nitrogen and oxygen atoms in total. The fourth-order valence-electron chi connectivity index (χ4n) is 2.03. The number of hydrogen-bond acceptors (Lipinski definition) is 4. The minimum atomic E-state index is -3.16. The summed E-state index contributed by atoms with van der Waals surface area (Å²) < 4.78 is 24.7. The van der Waals surface area contributed by atoms with E-state index in [4.69, 9.17) is 0 Å². The lowest BCUT2D eigenvalue weighted by Crippen LogP contribution is -2.11. The van der Waals surface area contributed by atoms with Crippen molar-refractivity contribution in [3.8, 4) is 11.3 Å². The van der Waals surface area contributed by atoms with Crippen molar-refractivity contribution in [2.75, 3.05) is 12.8 Å². The predicted molar refractivity (Wildman–Crippen MR) is 79.1 cm³/mol. The third-order valence-electron chi connectivity index (χ3n) is 3.03. The fraction of sp³-hybridized carbons (Fsp3) is 0.357. The molecule has 0 amide bonds. The lowest BCUT2D eigenvalue weighted by Gasteiger charge is -2.04. The van der Waals surface area contributed by atoms with Gasteiger partial charge in [0.05, 0.1) is 10.6 Å². The van der Waals surface area contributed by atoms with Crippen LogP contribution in [0.3, 0.4) is 0 Å². The largest absolute Gasteiger partial charge is 0.313 e. The van der Waals surface area contributed by atoms with Crippen LogP contribution in [0.15, 0.2) is 35.4 Å². The third kappa shape index (κ3) is 3.26. The van der Waals surface area contributed by atoms with E-state index >= 15 is 0 Å². The highest BCUT2D eigenvalue weighted by Crippen LogP contribution is 2.23. The molecule has 0 bridgehead atoms. The highest BCUT2D eigenvalue weighted by Gasteiger charge is 2.11. The van der Waals surface area contributed by atoms with Gasteiger partial charge in [0.2, 0.25) is 0 Å². The summed E-state index contributed by atoms with van der Waals surface area (Å²) in [5.41, 5.74) is 2.90. The van der Waals surface area contributed by atoms with E-state index in [1.165, 1.54) is 6.26 Å². The van der Waals surface area contributed by atoms with Crippen LogP contribution >= 0.6 is 0 Å². The Labute approximate surface area is 119 Å². The summed E-state index contributed by atoms with van der Waals surface area (Å²) in [7, 11) is -1.28. The zero-order valence-electron chi connectivity index (χ0n) is 11.9. The number of sulfone groups is 1. The molecule has 0 aliphatic rings. The monoisotopic (exact) mass is 293 g/mol. The van der Waals surface area contributed by atoms with Crippen molar-refractivity contribution in [2.24, 2.45) is 7.05 Å². The first-order valence-electron chi connectivity index (χ1n) is 6.45. The van der Waals surface area contributed by atoms with Gasteiger partial charge in [0.15, 0.2) is 9.84 Å². The van der Waals surface area contributed by atoms with Gasteiger partial charge in [-0.25, -0.2) is 8.42 Å². The summed E-state index contributed by atoms with van der Waals surface area (Å²) in [6.45, 7) is 3.69. The second kappa shape index (κ2) is 5.76. The smallest absolute Gasteiger partial charge is 0.175 e. The second-order valence-corrected chi connectivity index (χ2v) is 6.77. The van der Waals surface area contributed by atoms with Crippen molar-refractivity contribution in [1.82, 2.24) is 15.1 Å². The van der Waals surface area contributed by atoms with Crippen LogP contribution in [0.2, 0.25) is 0 Å². The van der Waals surface area contributed by atoms with Gasteiger partial charge in [0.1, 0.15) is 0 Å². The number of nitrogens with zero attached hydrogens (tertiary/aromatic N) is 2. The number of rotatable bonds is 5. The zero-order chi connectivity index (χ0) is 14.8. The summed E-state index contributed by atoms with van der Waals surface area (Å²) in [6.07, 6.45) is 3.18. The molecule has 0 fully saturated rings. The molecule has 0 aliphatic carbocycles. The molecule has 2 aromatic rings. The van der Waals surface area contributed by atoms with Gasteiger partial charge in [-0.15, -0.1) is 0 Å². The van der Waals surface area contributed by atoms with E-state index in [0.717, 1.165) is 29.9 Å². The average molecular weight is 293 g/mol. The first-order chi connectivity index (χ1) is 9.41. The van der Waals surface area contributed by atoms with Crippen molar-refractivity contribution in [3.63, 3.8) is 0 Å². The van der Waals surface area contributed by atoms with Gasteiger partial charge in [-0.2, -0.15) is 5.10 Å². The van der Waals surface area contributed by atoms with Gasteiger partial charge in [0.25, 0.3) is 0 Å². The maximum absolute atomic E-state index is 11.5. The minimum Gasteiger partial charge on any atom is -0.313 e. The van der Waals surface area contributed by atoms with E-state index in [2.05, 4.69) is 17.3 Å². The van der Waals surface area contributed by atoms with Crippen LogP contribution in [0.1, 0.15) is 12.5 Å². The lowest BCUT2D eigenvalue weighted by molar-refractivity contribution is 0.602. The fourth-order valence-corrected chi connectivity index (χ4v) is 2.66.